The van der Waals surface area contributed by atoms with Gasteiger partial charge in [0.15, 0.2) is 0 Å². The van der Waals surface area contributed by atoms with Gasteiger partial charge in [-0.15, -0.1) is 0 Å². The van der Waals surface area contributed by atoms with Gasteiger partial charge in [0.25, 0.3) is 0 Å². The molecule has 6 heteroatoms. The van der Waals surface area contributed by atoms with Crippen molar-refractivity contribution in [2.24, 2.45) is 5.92 Å². The van der Waals surface area contributed by atoms with Crippen molar-refractivity contribution in [2.75, 3.05) is 11.5 Å². The molecule has 2 unspecified atom stereocenters. The second kappa shape index (κ2) is 5.09. The largest absolute Gasteiger partial charge is 0.419 e. The average Bonchev–Trinajstić information content (AvgIpc) is 2.80. The van der Waals surface area contributed by atoms with E-state index in [1.165, 1.54) is 6.07 Å². The Morgan fingerprint density at radius 3 is 2.61 bits per heavy atom. The molecule has 0 spiro atoms. The molecule has 1 saturated heterocycles. The molecule has 18 heavy (non-hydrogen) atoms. The fraction of sp³-hybridized carbons (Fsp3) is 0.500. The lowest BCUT2D eigenvalue weighted by atomic mass is 9.94. The second-order valence-electron chi connectivity index (χ2n) is 4.31. The van der Waals surface area contributed by atoms with Crippen LogP contribution in [0.2, 0.25) is 0 Å². The molecular weight excluding hydrogens is 268 g/mol. The Kier molecular flexibility index (Phi) is 3.87. The molecule has 1 aliphatic rings. The number of hydrogen-bond donors (Lipinski definition) is 1. The molecule has 1 aliphatic heterocycles. The van der Waals surface area contributed by atoms with Crippen molar-refractivity contribution in [1.82, 2.24) is 0 Å². The molecule has 1 aromatic carbocycles. The normalized spacial score (nSPS) is 22.2. The number of alkyl halides is 3. The van der Waals surface area contributed by atoms with Gasteiger partial charge >= 0.3 is 6.18 Å². The SMILES string of the molecule is OC(c1ccc(F)c(C(F)(F)F)c1)C1CCSC1. The minimum absolute atomic E-state index is 0.0541. The molecule has 1 heterocycles. The van der Waals surface area contributed by atoms with Gasteiger partial charge in [-0.3, -0.25) is 0 Å². The number of benzene rings is 1. The van der Waals surface area contributed by atoms with E-state index in [0.717, 1.165) is 24.0 Å². The van der Waals surface area contributed by atoms with E-state index >= 15 is 0 Å². The lowest BCUT2D eigenvalue weighted by Crippen LogP contribution is -2.14. The van der Waals surface area contributed by atoms with E-state index in [2.05, 4.69) is 0 Å². The maximum atomic E-state index is 13.1. The van der Waals surface area contributed by atoms with Crippen LogP contribution < -0.4 is 0 Å². The van der Waals surface area contributed by atoms with Gasteiger partial charge in [-0.25, -0.2) is 4.39 Å². The Bertz CT molecular complexity index is 427. The van der Waals surface area contributed by atoms with Crippen molar-refractivity contribution in [3.05, 3.63) is 35.1 Å². The lowest BCUT2D eigenvalue weighted by molar-refractivity contribution is -0.140. The van der Waals surface area contributed by atoms with Crippen LogP contribution in [0.25, 0.3) is 0 Å². The molecule has 100 valence electrons. The van der Waals surface area contributed by atoms with E-state index in [9.17, 15) is 22.7 Å². The summed E-state index contributed by atoms with van der Waals surface area (Å²) in [4.78, 5) is 0. The van der Waals surface area contributed by atoms with Gasteiger partial charge in [-0.1, -0.05) is 6.07 Å². The summed E-state index contributed by atoms with van der Waals surface area (Å²) in [5.41, 5.74) is -1.18. The van der Waals surface area contributed by atoms with Crippen LogP contribution in [0.5, 0.6) is 0 Å². The van der Waals surface area contributed by atoms with Gasteiger partial charge in [0.2, 0.25) is 0 Å². The number of halogens is 4. The summed E-state index contributed by atoms with van der Waals surface area (Å²) in [5.74, 6) is 0.260. The summed E-state index contributed by atoms with van der Waals surface area (Å²) in [6.07, 6.45) is -4.92. The molecule has 0 radical (unpaired) electrons. The molecule has 0 aromatic heterocycles. The smallest absolute Gasteiger partial charge is 0.388 e. The summed E-state index contributed by atoms with van der Waals surface area (Å²) < 4.78 is 50.7. The summed E-state index contributed by atoms with van der Waals surface area (Å²) in [5, 5.41) is 10.00. The van der Waals surface area contributed by atoms with Gasteiger partial charge in [0.05, 0.1) is 11.7 Å². The second-order valence-corrected chi connectivity index (χ2v) is 5.46. The van der Waals surface area contributed by atoms with E-state index in [0.29, 0.717) is 6.07 Å². The minimum Gasteiger partial charge on any atom is -0.388 e. The average molecular weight is 280 g/mol. The highest BCUT2D eigenvalue weighted by molar-refractivity contribution is 7.99. The van der Waals surface area contributed by atoms with E-state index in [-0.39, 0.29) is 11.5 Å². The molecule has 0 aliphatic carbocycles. The van der Waals surface area contributed by atoms with Crippen molar-refractivity contribution in [1.29, 1.82) is 0 Å². The zero-order chi connectivity index (χ0) is 13.3. The van der Waals surface area contributed by atoms with Crippen molar-refractivity contribution in [2.45, 2.75) is 18.7 Å². The first-order valence-corrected chi connectivity index (χ1v) is 6.67. The number of aliphatic hydroxyl groups excluding tert-OH is 1. The summed E-state index contributed by atoms with van der Waals surface area (Å²) in [6, 6.07) is 2.70. The molecule has 0 bridgehead atoms. The first-order valence-electron chi connectivity index (χ1n) is 5.52. The highest BCUT2D eigenvalue weighted by atomic mass is 32.2. The first kappa shape index (κ1) is 13.7. The number of rotatable bonds is 2. The molecule has 2 atom stereocenters. The third-order valence-corrected chi connectivity index (χ3v) is 4.24. The van der Waals surface area contributed by atoms with Crippen molar-refractivity contribution < 1.29 is 22.7 Å². The maximum absolute atomic E-state index is 13.1. The molecule has 1 fully saturated rings. The van der Waals surface area contributed by atoms with Crippen LogP contribution >= 0.6 is 11.8 Å². The van der Waals surface area contributed by atoms with Crippen LogP contribution in [-0.2, 0) is 6.18 Å². The van der Waals surface area contributed by atoms with Crippen molar-refractivity contribution >= 4 is 11.8 Å². The minimum atomic E-state index is -4.73. The van der Waals surface area contributed by atoms with Crippen molar-refractivity contribution in [3.63, 3.8) is 0 Å². The predicted octanol–water partition coefficient (Wildman–Crippen LogP) is 3.63. The quantitative estimate of drug-likeness (QED) is 0.835. The zero-order valence-corrected chi connectivity index (χ0v) is 10.2. The highest BCUT2D eigenvalue weighted by Gasteiger charge is 2.35. The molecule has 0 saturated carbocycles. The summed E-state index contributed by atoms with van der Waals surface area (Å²) in [6.45, 7) is 0. The number of thioether (sulfide) groups is 1. The van der Waals surface area contributed by atoms with Gasteiger partial charge in [-0.05, 0) is 41.5 Å². The Balaban J connectivity index is 2.28. The number of hydrogen-bond acceptors (Lipinski definition) is 2. The molecular formula is C12H12F4OS. The topological polar surface area (TPSA) is 20.2 Å². The van der Waals surface area contributed by atoms with E-state index < -0.39 is 23.7 Å². The van der Waals surface area contributed by atoms with Gasteiger partial charge in [-0.2, -0.15) is 24.9 Å². The van der Waals surface area contributed by atoms with Crippen LogP contribution in [-0.4, -0.2) is 16.6 Å². The molecule has 1 aromatic rings. The molecule has 2 rings (SSSR count). The Hall–Kier alpha value is -0.750. The Morgan fingerprint density at radius 1 is 1.33 bits per heavy atom. The lowest BCUT2D eigenvalue weighted by Gasteiger charge is -2.19. The third-order valence-electron chi connectivity index (χ3n) is 3.05. The van der Waals surface area contributed by atoms with Gasteiger partial charge in [0.1, 0.15) is 5.82 Å². The highest BCUT2D eigenvalue weighted by Crippen LogP contribution is 2.37. The van der Waals surface area contributed by atoms with Crippen LogP contribution in [0, 0.1) is 11.7 Å². The van der Waals surface area contributed by atoms with E-state index in [1.807, 2.05) is 0 Å². The first-order chi connectivity index (χ1) is 8.39. The van der Waals surface area contributed by atoms with Crippen LogP contribution in [0.1, 0.15) is 23.7 Å². The summed E-state index contributed by atoms with van der Waals surface area (Å²) in [7, 11) is 0. The van der Waals surface area contributed by atoms with Crippen LogP contribution in [0.15, 0.2) is 18.2 Å². The standard InChI is InChI=1S/C12H12F4OS/c13-10-2-1-7(5-9(10)12(14,15)16)11(17)8-3-4-18-6-8/h1-2,5,8,11,17H,3-4,6H2. The zero-order valence-electron chi connectivity index (χ0n) is 9.38. The number of aliphatic hydroxyl groups is 1. The van der Waals surface area contributed by atoms with E-state index in [1.54, 1.807) is 11.8 Å². The fourth-order valence-electron chi connectivity index (χ4n) is 2.02. The third kappa shape index (κ3) is 2.80. The molecule has 1 nitrogen and oxygen atoms in total. The fourth-order valence-corrected chi connectivity index (χ4v) is 3.31. The monoisotopic (exact) mass is 280 g/mol. The van der Waals surface area contributed by atoms with Crippen LogP contribution in [0.3, 0.4) is 0 Å². The Morgan fingerprint density at radius 2 is 2.06 bits per heavy atom. The Labute approximate surface area is 106 Å². The van der Waals surface area contributed by atoms with Gasteiger partial charge in [0, 0.05) is 0 Å². The van der Waals surface area contributed by atoms with E-state index in [4.69, 9.17) is 0 Å². The van der Waals surface area contributed by atoms with Gasteiger partial charge < -0.3 is 5.11 Å². The predicted molar refractivity (Wildman–Crippen MR) is 61.8 cm³/mol. The van der Waals surface area contributed by atoms with Crippen LogP contribution in [0.4, 0.5) is 17.6 Å². The molecule has 0 amide bonds. The molecule has 1 N–H and O–H groups in total. The summed E-state index contributed by atoms with van der Waals surface area (Å²) >= 11 is 1.66. The maximum Gasteiger partial charge on any atom is 0.419 e. The van der Waals surface area contributed by atoms with Crippen molar-refractivity contribution in [3.8, 4) is 0 Å².